The molecule has 0 saturated heterocycles. The van der Waals surface area contributed by atoms with Gasteiger partial charge in [-0.25, -0.2) is 9.59 Å². The van der Waals surface area contributed by atoms with Crippen LogP contribution in [-0.2, 0) is 0 Å². The third-order valence-electron chi connectivity index (χ3n) is 4.19. The van der Waals surface area contributed by atoms with Gasteiger partial charge in [0, 0.05) is 16.8 Å². The van der Waals surface area contributed by atoms with Crippen LogP contribution in [0.2, 0.25) is 0 Å². The molecule has 0 aliphatic heterocycles. The summed E-state index contributed by atoms with van der Waals surface area (Å²) in [5, 5.41) is 23.5. The molecule has 8 heteroatoms. The smallest absolute Gasteiger partial charge is 0.337 e. The van der Waals surface area contributed by atoms with E-state index in [9.17, 15) is 24.3 Å². The average Bonchev–Trinajstić information content (AvgIpc) is 2.74. The van der Waals surface area contributed by atoms with Crippen LogP contribution < -0.4 is 10.6 Å². The molecule has 0 aromatic heterocycles. The molecule has 30 heavy (non-hydrogen) atoms. The molecule has 8 nitrogen and oxygen atoms in total. The summed E-state index contributed by atoms with van der Waals surface area (Å²) in [6.45, 7) is 0. The van der Waals surface area contributed by atoms with E-state index in [1.165, 1.54) is 24.3 Å². The van der Waals surface area contributed by atoms with Crippen molar-refractivity contribution in [1.82, 2.24) is 0 Å². The molecule has 3 aromatic carbocycles. The van der Waals surface area contributed by atoms with Crippen molar-refractivity contribution in [3.63, 3.8) is 0 Å². The number of aromatic carboxylic acids is 2. The molecular weight excluding hydrogens is 388 g/mol. The summed E-state index contributed by atoms with van der Waals surface area (Å²) in [5.41, 5.74) is 0.631. The first kappa shape index (κ1) is 20.3. The molecule has 3 aromatic rings. The Morgan fingerprint density at radius 2 is 1.17 bits per heavy atom. The maximum atomic E-state index is 12.5. The Kier molecular flexibility index (Phi) is 5.88. The van der Waals surface area contributed by atoms with Crippen molar-refractivity contribution in [1.29, 1.82) is 0 Å². The van der Waals surface area contributed by atoms with Gasteiger partial charge in [0.15, 0.2) is 0 Å². The Bertz CT molecular complexity index is 1120. The summed E-state index contributed by atoms with van der Waals surface area (Å²) >= 11 is 0. The standard InChI is InChI=1S/C22H16N2O6/c25-19(13-4-2-1-3-5-13)23-16-9-6-14(7-10-16)20(26)24-18-12-15(21(27)28)8-11-17(18)22(29)30/h1-12H,(H,23,25)(H,24,26)(H,27,28)(H,29,30). The minimum Gasteiger partial charge on any atom is -0.478 e. The fourth-order valence-electron chi connectivity index (χ4n) is 2.66. The number of nitrogens with one attached hydrogen (secondary N) is 2. The van der Waals surface area contributed by atoms with E-state index in [1.807, 2.05) is 0 Å². The van der Waals surface area contributed by atoms with Gasteiger partial charge in [-0.05, 0) is 54.6 Å². The third kappa shape index (κ3) is 4.68. The highest BCUT2D eigenvalue weighted by molar-refractivity contribution is 6.09. The maximum Gasteiger partial charge on any atom is 0.337 e. The molecule has 150 valence electrons. The van der Waals surface area contributed by atoms with Gasteiger partial charge in [-0.1, -0.05) is 18.2 Å². The SMILES string of the molecule is O=C(O)c1ccc(C(=O)O)c(NC(=O)c2ccc(NC(=O)c3ccccc3)cc2)c1. The van der Waals surface area contributed by atoms with Gasteiger partial charge in [-0.2, -0.15) is 0 Å². The predicted octanol–water partition coefficient (Wildman–Crippen LogP) is 3.59. The Balaban J connectivity index is 1.75. The third-order valence-corrected chi connectivity index (χ3v) is 4.19. The highest BCUT2D eigenvalue weighted by Crippen LogP contribution is 2.20. The van der Waals surface area contributed by atoms with Crippen LogP contribution in [0.5, 0.6) is 0 Å². The first-order valence-electron chi connectivity index (χ1n) is 8.73. The second-order valence-electron chi connectivity index (χ2n) is 6.22. The molecule has 0 unspecified atom stereocenters. The molecule has 0 aliphatic rings. The van der Waals surface area contributed by atoms with Gasteiger partial charge < -0.3 is 20.8 Å². The number of benzene rings is 3. The van der Waals surface area contributed by atoms with Crippen LogP contribution in [0, 0.1) is 0 Å². The van der Waals surface area contributed by atoms with E-state index in [4.69, 9.17) is 5.11 Å². The van der Waals surface area contributed by atoms with Crippen molar-refractivity contribution < 1.29 is 29.4 Å². The summed E-state index contributed by atoms with van der Waals surface area (Å²) in [4.78, 5) is 47.1. The minimum atomic E-state index is -1.30. The molecule has 0 saturated carbocycles. The van der Waals surface area contributed by atoms with Crippen molar-refractivity contribution in [3.8, 4) is 0 Å². The second-order valence-corrected chi connectivity index (χ2v) is 6.22. The van der Waals surface area contributed by atoms with Crippen LogP contribution in [0.25, 0.3) is 0 Å². The highest BCUT2D eigenvalue weighted by atomic mass is 16.4. The second kappa shape index (κ2) is 8.70. The van der Waals surface area contributed by atoms with E-state index < -0.39 is 17.8 Å². The average molecular weight is 404 g/mol. The van der Waals surface area contributed by atoms with Gasteiger partial charge in [-0.15, -0.1) is 0 Å². The lowest BCUT2D eigenvalue weighted by Crippen LogP contribution is -2.16. The number of hydrogen-bond acceptors (Lipinski definition) is 4. The van der Waals surface area contributed by atoms with E-state index in [0.717, 1.165) is 18.2 Å². The van der Waals surface area contributed by atoms with E-state index in [2.05, 4.69) is 10.6 Å². The number of carboxylic acids is 2. The van der Waals surface area contributed by atoms with Crippen LogP contribution in [0.1, 0.15) is 41.4 Å². The topological polar surface area (TPSA) is 133 Å². The highest BCUT2D eigenvalue weighted by Gasteiger charge is 2.16. The largest absolute Gasteiger partial charge is 0.478 e. The van der Waals surface area contributed by atoms with E-state index >= 15 is 0 Å². The lowest BCUT2D eigenvalue weighted by molar-refractivity contribution is 0.0682. The summed E-state index contributed by atoms with van der Waals surface area (Å²) < 4.78 is 0. The van der Waals surface area contributed by atoms with Crippen molar-refractivity contribution >= 4 is 35.1 Å². The van der Waals surface area contributed by atoms with E-state index in [0.29, 0.717) is 11.3 Å². The van der Waals surface area contributed by atoms with E-state index in [1.54, 1.807) is 30.3 Å². The summed E-state index contributed by atoms with van der Waals surface area (Å²) in [7, 11) is 0. The normalized spacial score (nSPS) is 10.1. The van der Waals surface area contributed by atoms with Crippen LogP contribution in [0.4, 0.5) is 11.4 Å². The molecular formula is C22H16N2O6. The van der Waals surface area contributed by atoms with Gasteiger partial charge in [0.1, 0.15) is 0 Å². The molecule has 0 fully saturated rings. The Morgan fingerprint density at radius 3 is 1.77 bits per heavy atom. The van der Waals surface area contributed by atoms with Crippen molar-refractivity contribution in [2.24, 2.45) is 0 Å². The Morgan fingerprint density at radius 1 is 0.600 bits per heavy atom. The quantitative estimate of drug-likeness (QED) is 0.496. The molecule has 0 atom stereocenters. The summed E-state index contributed by atoms with van der Waals surface area (Å²) in [6, 6.07) is 17.9. The molecule has 0 aliphatic carbocycles. The number of anilines is 2. The molecule has 3 rings (SSSR count). The van der Waals surface area contributed by atoms with Gasteiger partial charge in [-0.3, -0.25) is 9.59 Å². The fraction of sp³-hybridized carbons (Fsp3) is 0. The van der Waals surface area contributed by atoms with Crippen molar-refractivity contribution in [2.75, 3.05) is 10.6 Å². The molecule has 4 N–H and O–H groups in total. The minimum absolute atomic E-state index is 0.131. The van der Waals surface area contributed by atoms with Crippen LogP contribution in [-0.4, -0.2) is 34.0 Å². The summed E-state index contributed by atoms with van der Waals surface area (Å²) in [6.07, 6.45) is 0. The van der Waals surface area contributed by atoms with Crippen molar-refractivity contribution in [2.45, 2.75) is 0 Å². The number of hydrogen-bond donors (Lipinski definition) is 4. The van der Waals surface area contributed by atoms with Gasteiger partial charge >= 0.3 is 11.9 Å². The monoisotopic (exact) mass is 404 g/mol. The van der Waals surface area contributed by atoms with Crippen LogP contribution >= 0.6 is 0 Å². The zero-order chi connectivity index (χ0) is 21.7. The van der Waals surface area contributed by atoms with E-state index in [-0.39, 0.29) is 28.3 Å². The number of rotatable bonds is 6. The number of carboxylic acid groups (broad SMARTS) is 2. The number of carbonyl (C=O) groups excluding carboxylic acids is 2. The molecule has 0 spiro atoms. The van der Waals surface area contributed by atoms with Crippen molar-refractivity contribution in [3.05, 3.63) is 95.1 Å². The molecule has 0 heterocycles. The lowest BCUT2D eigenvalue weighted by Gasteiger charge is -2.10. The fourth-order valence-corrected chi connectivity index (χ4v) is 2.66. The van der Waals surface area contributed by atoms with Gasteiger partial charge in [0.25, 0.3) is 11.8 Å². The van der Waals surface area contributed by atoms with Crippen LogP contribution in [0.15, 0.2) is 72.8 Å². The maximum absolute atomic E-state index is 12.5. The zero-order valence-electron chi connectivity index (χ0n) is 15.5. The number of amides is 2. The Labute approximate surface area is 170 Å². The zero-order valence-corrected chi connectivity index (χ0v) is 15.5. The predicted molar refractivity (Wildman–Crippen MR) is 109 cm³/mol. The molecule has 0 bridgehead atoms. The molecule has 2 amide bonds. The Hall–Kier alpha value is -4.46. The first-order valence-corrected chi connectivity index (χ1v) is 8.73. The van der Waals surface area contributed by atoms with Gasteiger partial charge in [0.2, 0.25) is 0 Å². The first-order chi connectivity index (χ1) is 14.3. The van der Waals surface area contributed by atoms with Gasteiger partial charge in [0.05, 0.1) is 16.8 Å². The van der Waals surface area contributed by atoms with Crippen LogP contribution in [0.3, 0.4) is 0 Å². The number of carbonyl (C=O) groups is 4. The lowest BCUT2D eigenvalue weighted by atomic mass is 10.1. The molecule has 0 radical (unpaired) electrons. The summed E-state index contributed by atoms with van der Waals surface area (Å²) in [5.74, 6) is -3.48.